The Bertz CT molecular complexity index is 594. The maximum atomic E-state index is 12.0. The molecule has 0 bridgehead atoms. The van der Waals surface area contributed by atoms with Crippen LogP contribution in [0.1, 0.15) is 22.3 Å². The number of benzene rings is 2. The first-order valence-corrected chi connectivity index (χ1v) is 6.92. The number of ketones is 1. The smallest absolute Gasteiger partial charge is 0.171 e. The lowest BCUT2D eigenvalue weighted by Crippen LogP contribution is -2.09. The molecule has 102 valence electrons. The van der Waals surface area contributed by atoms with Gasteiger partial charge < -0.3 is 4.74 Å². The van der Waals surface area contributed by atoms with Gasteiger partial charge >= 0.3 is 0 Å². The van der Waals surface area contributed by atoms with Gasteiger partial charge in [0, 0.05) is 10.6 Å². The summed E-state index contributed by atoms with van der Waals surface area (Å²) in [6, 6.07) is 16.4. The second-order valence-corrected chi connectivity index (χ2v) is 5.14. The van der Waals surface area contributed by atoms with Crippen molar-refractivity contribution in [3.8, 4) is 0 Å². The molecule has 20 heavy (non-hydrogen) atoms. The van der Waals surface area contributed by atoms with Crippen molar-refractivity contribution in [2.45, 2.75) is 13.0 Å². The molecule has 0 saturated carbocycles. The van der Waals surface area contributed by atoms with E-state index >= 15 is 0 Å². The molecule has 0 aromatic heterocycles. The molecule has 0 radical (unpaired) electrons. The average molecular weight is 305 g/mol. The molecule has 0 heterocycles. The molecule has 0 amide bonds. The zero-order valence-corrected chi connectivity index (χ0v) is 12.3. The van der Waals surface area contributed by atoms with E-state index in [4.69, 9.17) is 28.6 Å². The van der Waals surface area contributed by atoms with Gasteiger partial charge in [0.2, 0.25) is 0 Å². The SMILES string of the molecule is O=C(CC(=S)OCc1ccccc1)c1ccc(Cl)cc1. The number of Topliss-reactive ketones (excluding diaryl/α,β-unsaturated/α-hetero) is 1. The van der Waals surface area contributed by atoms with Gasteiger partial charge in [-0.05, 0) is 42.0 Å². The van der Waals surface area contributed by atoms with E-state index in [1.165, 1.54) is 0 Å². The van der Waals surface area contributed by atoms with Gasteiger partial charge in [-0.15, -0.1) is 0 Å². The molecular weight excluding hydrogens is 292 g/mol. The van der Waals surface area contributed by atoms with Gasteiger partial charge in [-0.1, -0.05) is 41.9 Å². The van der Waals surface area contributed by atoms with E-state index in [0.717, 1.165) is 5.56 Å². The van der Waals surface area contributed by atoms with Crippen LogP contribution in [-0.4, -0.2) is 10.8 Å². The normalized spacial score (nSPS) is 10.1. The maximum Gasteiger partial charge on any atom is 0.171 e. The molecule has 0 atom stereocenters. The first-order valence-electron chi connectivity index (χ1n) is 6.13. The Morgan fingerprint density at radius 3 is 2.35 bits per heavy atom. The van der Waals surface area contributed by atoms with Crippen molar-refractivity contribution in [1.82, 2.24) is 0 Å². The molecule has 2 aromatic carbocycles. The number of hydrogen-bond donors (Lipinski definition) is 0. The van der Waals surface area contributed by atoms with Crippen LogP contribution < -0.4 is 0 Å². The van der Waals surface area contributed by atoms with Crippen LogP contribution in [0.3, 0.4) is 0 Å². The molecule has 0 N–H and O–H groups in total. The summed E-state index contributed by atoms with van der Waals surface area (Å²) in [6.45, 7) is 0.383. The molecule has 0 aliphatic heterocycles. The number of carbonyl (C=O) groups excluding carboxylic acids is 1. The molecule has 0 spiro atoms. The highest BCUT2D eigenvalue weighted by molar-refractivity contribution is 7.80. The standard InChI is InChI=1S/C16H13ClO2S/c17-14-8-6-13(7-9-14)15(18)10-16(20)19-11-12-4-2-1-3-5-12/h1-9H,10-11H2. The Morgan fingerprint density at radius 2 is 1.70 bits per heavy atom. The second kappa shape index (κ2) is 7.17. The van der Waals surface area contributed by atoms with Gasteiger partial charge in [-0.3, -0.25) is 4.79 Å². The van der Waals surface area contributed by atoms with Crippen LogP contribution in [0.5, 0.6) is 0 Å². The first-order chi connectivity index (χ1) is 9.65. The Balaban J connectivity index is 1.85. The molecule has 2 rings (SSSR count). The monoisotopic (exact) mass is 304 g/mol. The molecule has 2 nitrogen and oxygen atoms in total. The number of carbonyl (C=O) groups is 1. The minimum Gasteiger partial charge on any atom is -0.482 e. The highest BCUT2D eigenvalue weighted by Gasteiger charge is 2.10. The minimum absolute atomic E-state index is 0.0697. The van der Waals surface area contributed by atoms with Gasteiger partial charge in [0.25, 0.3) is 0 Å². The number of ether oxygens (including phenoxy) is 1. The van der Waals surface area contributed by atoms with Crippen LogP contribution in [0.4, 0.5) is 0 Å². The summed E-state index contributed by atoms with van der Waals surface area (Å²) in [7, 11) is 0. The molecule has 0 unspecified atom stereocenters. The van der Waals surface area contributed by atoms with Crippen molar-refractivity contribution in [3.63, 3.8) is 0 Å². The lowest BCUT2D eigenvalue weighted by Gasteiger charge is -2.07. The lowest BCUT2D eigenvalue weighted by molar-refractivity contribution is 0.0993. The second-order valence-electron chi connectivity index (χ2n) is 4.25. The topological polar surface area (TPSA) is 26.3 Å². The molecule has 2 aromatic rings. The fourth-order valence-electron chi connectivity index (χ4n) is 1.66. The number of thiocarbonyl (C=S) groups is 1. The first kappa shape index (κ1) is 14.7. The minimum atomic E-state index is -0.0697. The van der Waals surface area contributed by atoms with Crippen LogP contribution in [0.15, 0.2) is 54.6 Å². The number of hydrogen-bond acceptors (Lipinski definition) is 3. The molecule has 0 saturated heterocycles. The van der Waals surface area contributed by atoms with E-state index in [1.54, 1.807) is 24.3 Å². The summed E-state index contributed by atoms with van der Waals surface area (Å²) >= 11 is 10.9. The predicted molar refractivity (Wildman–Crippen MR) is 84.2 cm³/mol. The highest BCUT2D eigenvalue weighted by atomic mass is 35.5. The Labute approximate surface area is 128 Å². The molecule has 0 aliphatic carbocycles. The summed E-state index contributed by atoms with van der Waals surface area (Å²) in [5.41, 5.74) is 1.61. The maximum absolute atomic E-state index is 12.0. The van der Waals surface area contributed by atoms with Crippen LogP contribution in [0.2, 0.25) is 5.02 Å². The fourth-order valence-corrected chi connectivity index (χ4v) is 1.97. The summed E-state index contributed by atoms with van der Waals surface area (Å²) in [5, 5.41) is 0.901. The summed E-state index contributed by atoms with van der Waals surface area (Å²) < 4.78 is 5.43. The molecule has 4 heteroatoms. The highest BCUT2D eigenvalue weighted by Crippen LogP contribution is 2.12. The third-order valence-corrected chi connectivity index (χ3v) is 3.23. The molecule has 0 aliphatic rings. The van der Waals surface area contributed by atoms with E-state index in [-0.39, 0.29) is 12.2 Å². The summed E-state index contributed by atoms with van der Waals surface area (Å²) in [5.74, 6) is -0.0697. The third-order valence-electron chi connectivity index (χ3n) is 2.71. The van der Waals surface area contributed by atoms with E-state index in [2.05, 4.69) is 0 Å². The van der Waals surface area contributed by atoms with Gasteiger partial charge in [-0.2, -0.15) is 0 Å². The quantitative estimate of drug-likeness (QED) is 0.603. The van der Waals surface area contributed by atoms with Crippen molar-refractivity contribution < 1.29 is 9.53 Å². The Kier molecular flexibility index (Phi) is 5.27. The molecule has 0 fully saturated rings. The van der Waals surface area contributed by atoms with E-state index in [0.29, 0.717) is 22.2 Å². The summed E-state index contributed by atoms with van der Waals surface area (Å²) in [4.78, 5) is 12.0. The number of rotatable bonds is 5. The van der Waals surface area contributed by atoms with Crippen LogP contribution in [0.25, 0.3) is 0 Å². The molecular formula is C16H13ClO2S. The van der Waals surface area contributed by atoms with Crippen molar-refractivity contribution in [2.75, 3.05) is 0 Å². The van der Waals surface area contributed by atoms with Crippen LogP contribution in [0, 0.1) is 0 Å². The van der Waals surface area contributed by atoms with Crippen molar-refractivity contribution in [3.05, 3.63) is 70.7 Å². The summed E-state index contributed by atoms with van der Waals surface area (Å²) in [6.07, 6.45) is 0.101. The van der Waals surface area contributed by atoms with Crippen molar-refractivity contribution in [2.24, 2.45) is 0 Å². The Hall–Kier alpha value is -1.71. The van der Waals surface area contributed by atoms with Gasteiger partial charge in [0.05, 0.1) is 6.42 Å². The fraction of sp³-hybridized carbons (Fsp3) is 0.125. The van der Waals surface area contributed by atoms with Crippen molar-refractivity contribution >= 4 is 34.7 Å². The average Bonchev–Trinajstić information content (AvgIpc) is 2.47. The van der Waals surface area contributed by atoms with Crippen LogP contribution in [-0.2, 0) is 11.3 Å². The van der Waals surface area contributed by atoms with Gasteiger partial charge in [0.1, 0.15) is 6.61 Å². The van der Waals surface area contributed by atoms with Crippen molar-refractivity contribution in [1.29, 1.82) is 0 Å². The largest absolute Gasteiger partial charge is 0.482 e. The van der Waals surface area contributed by atoms with E-state index < -0.39 is 0 Å². The number of halogens is 1. The zero-order chi connectivity index (χ0) is 14.4. The van der Waals surface area contributed by atoms with E-state index in [9.17, 15) is 4.79 Å². The van der Waals surface area contributed by atoms with Crippen LogP contribution >= 0.6 is 23.8 Å². The van der Waals surface area contributed by atoms with Gasteiger partial charge in [-0.25, -0.2) is 0 Å². The Morgan fingerprint density at radius 1 is 1.05 bits per heavy atom. The van der Waals surface area contributed by atoms with E-state index in [1.807, 2.05) is 30.3 Å². The van der Waals surface area contributed by atoms with Gasteiger partial charge in [0.15, 0.2) is 10.8 Å². The lowest BCUT2D eigenvalue weighted by atomic mass is 10.1. The zero-order valence-electron chi connectivity index (χ0n) is 10.7. The predicted octanol–water partition coefficient (Wildman–Crippen LogP) is 4.46. The third kappa shape index (κ3) is 4.44.